The van der Waals surface area contributed by atoms with Crippen LogP contribution in [0.1, 0.15) is 47.2 Å². The molecule has 2 heteroatoms. The molecule has 0 atom stereocenters. The van der Waals surface area contributed by atoms with Crippen molar-refractivity contribution in [3.63, 3.8) is 0 Å². The van der Waals surface area contributed by atoms with Crippen LogP contribution < -0.4 is 4.90 Å². The van der Waals surface area contributed by atoms with E-state index in [1.54, 1.807) is 0 Å². The molecule has 284 valence electrons. The van der Waals surface area contributed by atoms with Crippen molar-refractivity contribution in [2.45, 2.75) is 24.7 Å². The highest BCUT2D eigenvalue weighted by atomic mass is 16.3. The zero-order valence-corrected chi connectivity index (χ0v) is 33.6. The molecule has 0 fully saturated rings. The summed E-state index contributed by atoms with van der Waals surface area (Å²) in [6.07, 6.45) is 0. The lowest BCUT2D eigenvalue weighted by Crippen LogP contribution is -2.32. The maximum atomic E-state index is 6.55. The Morgan fingerprint density at radius 2 is 0.883 bits per heavy atom. The van der Waals surface area contributed by atoms with Crippen LogP contribution in [-0.2, 0) is 10.8 Å². The number of fused-ring (bicyclic) bond motifs is 11. The third-order valence-corrected chi connectivity index (χ3v) is 13.4. The van der Waals surface area contributed by atoms with E-state index in [2.05, 4.69) is 231 Å². The highest BCUT2D eigenvalue weighted by Gasteiger charge is 2.44. The monoisotopic (exact) mass is 767 g/mol. The Kier molecular flexibility index (Phi) is 7.52. The maximum Gasteiger partial charge on any atom is 0.137 e. The number of anilines is 3. The summed E-state index contributed by atoms with van der Waals surface area (Å²) in [5.41, 5.74) is 19.4. The third-order valence-electron chi connectivity index (χ3n) is 13.4. The number of para-hydroxylation sites is 1. The van der Waals surface area contributed by atoms with Crippen LogP contribution in [0.2, 0.25) is 0 Å². The molecule has 0 unspecified atom stereocenters. The minimum Gasteiger partial charge on any atom is -0.456 e. The molecule has 1 aromatic heterocycles. The molecular formula is C58H41NO. The lowest BCUT2D eigenvalue weighted by Gasteiger charge is -2.39. The first-order chi connectivity index (χ1) is 29.5. The van der Waals surface area contributed by atoms with E-state index in [1.807, 2.05) is 0 Å². The zero-order valence-electron chi connectivity index (χ0n) is 33.6. The first-order valence-electron chi connectivity index (χ1n) is 20.9. The first-order valence-corrected chi connectivity index (χ1v) is 20.9. The Hall–Kier alpha value is -7.42. The maximum absolute atomic E-state index is 6.55. The van der Waals surface area contributed by atoms with Gasteiger partial charge in [-0.3, -0.25) is 0 Å². The molecule has 60 heavy (non-hydrogen) atoms. The summed E-state index contributed by atoms with van der Waals surface area (Å²) in [5, 5.41) is 2.20. The Labute approximate surface area is 350 Å². The number of hydrogen-bond acceptors (Lipinski definition) is 2. The summed E-state index contributed by atoms with van der Waals surface area (Å²) in [4.78, 5) is 2.47. The molecule has 0 spiro atoms. The number of furan rings is 1. The van der Waals surface area contributed by atoms with E-state index < -0.39 is 5.41 Å². The van der Waals surface area contributed by atoms with Gasteiger partial charge >= 0.3 is 0 Å². The summed E-state index contributed by atoms with van der Waals surface area (Å²) in [6, 6.07) is 78.3. The van der Waals surface area contributed by atoms with Crippen molar-refractivity contribution in [2.75, 3.05) is 4.90 Å². The average molecular weight is 768 g/mol. The molecule has 0 amide bonds. The molecule has 0 saturated heterocycles. The Bertz CT molecular complexity index is 3250. The fourth-order valence-electron chi connectivity index (χ4n) is 10.7. The van der Waals surface area contributed by atoms with Crippen LogP contribution in [0.15, 0.2) is 217 Å². The summed E-state index contributed by atoms with van der Waals surface area (Å²) in [6.45, 7) is 4.72. The molecule has 12 rings (SSSR count). The quantitative estimate of drug-likeness (QED) is 0.173. The lowest BCUT2D eigenvalue weighted by atomic mass is 9.63. The molecule has 1 heterocycles. The number of nitrogens with zero attached hydrogens (tertiary/aromatic N) is 1. The lowest BCUT2D eigenvalue weighted by molar-refractivity contribution is 0.660. The van der Waals surface area contributed by atoms with Crippen molar-refractivity contribution in [3.05, 3.63) is 246 Å². The molecular weight excluding hydrogens is 727 g/mol. The molecule has 0 radical (unpaired) electrons. The molecule has 2 aliphatic rings. The topological polar surface area (TPSA) is 16.4 Å². The van der Waals surface area contributed by atoms with Crippen molar-refractivity contribution in [2.24, 2.45) is 0 Å². The van der Waals surface area contributed by atoms with Crippen LogP contribution in [0, 0.1) is 0 Å². The van der Waals surface area contributed by atoms with Gasteiger partial charge in [0.05, 0.1) is 16.5 Å². The standard InChI is InChI=1S/C58H41NO/c1-57(2)49-28-12-8-26-46(49)47-35-34-41(37-52(47)57)59(53-31-17-33-55-56(53)48-27-11-15-32-54(48)60-55)40-21-16-20-39(36-40)58(38-18-4-3-5-19-38)50-29-13-9-24-44(50)42-22-6-7-23-43(42)45-25-10-14-30-51(45)58/h3-37H,1-2H3. The van der Waals surface area contributed by atoms with Crippen molar-refractivity contribution in [1.29, 1.82) is 0 Å². The minimum absolute atomic E-state index is 0.163. The predicted molar refractivity (Wildman–Crippen MR) is 249 cm³/mol. The largest absolute Gasteiger partial charge is 0.456 e. The molecule has 9 aromatic carbocycles. The van der Waals surface area contributed by atoms with Crippen LogP contribution >= 0.6 is 0 Å². The van der Waals surface area contributed by atoms with E-state index in [-0.39, 0.29) is 5.41 Å². The van der Waals surface area contributed by atoms with E-state index >= 15 is 0 Å². The van der Waals surface area contributed by atoms with Gasteiger partial charge in [0.1, 0.15) is 11.2 Å². The van der Waals surface area contributed by atoms with Gasteiger partial charge in [0.15, 0.2) is 0 Å². The average Bonchev–Trinajstić information content (AvgIpc) is 3.76. The van der Waals surface area contributed by atoms with E-state index in [4.69, 9.17) is 4.42 Å². The third kappa shape index (κ3) is 4.82. The molecule has 10 aromatic rings. The molecule has 0 aliphatic heterocycles. The highest BCUT2D eigenvalue weighted by Crippen LogP contribution is 2.56. The van der Waals surface area contributed by atoms with Crippen molar-refractivity contribution in [3.8, 4) is 33.4 Å². The van der Waals surface area contributed by atoms with Crippen LogP contribution in [0.25, 0.3) is 55.3 Å². The molecule has 2 nitrogen and oxygen atoms in total. The summed E-state index contributed by atoms with van der Waals surface area (Å²) in [5.74, 6) is 0. The van der Waals surface area contributed by atoms with Crippen LogP contribution in [-0.4, -0.2) is 0 Å². The van der Waals surface area contributed by atoms with Gasteiger partial charge < -0.3 is 9.32 Å². The summed E-state index contributed by atoms with van der Waals surface area (Å²) >= 11 is 0. The van der Waals surface area contributed by atoms with E-state index in [0.717, 1.165) is 39.0 Å². The molecule has 2 aliphatic carbocycles. The Balaban J connectivity index is 1.17. The summed E-state index contributed by atoms with van der Waals surface area (Å²) < 4.78 is 6.55. The van der Waals surface area contributed by atoms with Crippen LogP contribution in [0.5, 0.6) is 0 Å². The second-order valence-electron chi connectivity index (χ2n) is 16.8. The van der Waals surface area contributed by atoms with Gasteiger partial charge in [-0.15, -0.1) is 0 Å². The number of benzene rings is 9. The van der Waals surface area contributed by atoms with Gasteiger partial charge in [0.2, 0.25) is 0 Å². The van der Waals surface area contributed by atoms with E-state index in [1.165, 1.54) is 66.8 Å². The zero-order chi connectivity index (χ0) is 40.0. The van der Waals surface area contributed by atoms with Gasteiger partial charge in [-0.05, 0) is 109 Å². The fourth-order valence-corrected chi connectivity index (χ4v) is 10.7. The Morgan fingerprint density at radius 1 is 0.367 bits per heavy atom. The van der Waals surface area contributed by atoms with E-state index in [9.17, 15) is 0 Å². The van der Waals surface area contributed by atoms with Crippen molar-refractivity contribution < 1.29 is 4.42 Å². The second-order valence-corrected chi connectivity index (χ2v) is 16.8. The summed E-state index contributed by atoms with van der Waals surface area (Å²) in [7, 11) is 0. The van der Waals surface area contributed by atoms with Gasteiger partial charge in [-0.2, -0.15) is 0 Å². The smallest absolute Gasteiger partial charge is 0.137 e. The normalized spacial score (nSPS) is 14.1. The molecule has 0 saturated carbocycles. The van der Waals surface area contributed by atoms with Crippen LogP contribution in [0.4, 0.5) is 17.1 Å². The number of hydrogen-bond donors (Lipinski definition) is 0. The highest BCUT2D eigenvalue weighted by molar-refractivity contribution is 6.13. The second kappa shape index (κ2) is 13.0. The van der Waals surface area contributed by atoms with Gasteiger partial charge in [0, 0.05) is 22.2 Å². The molecule has 0 N–H and O–H groups in total. The first kappa shape index (κ1) is 34.6. The van der Waals surface area contributed by atoms with Crippen molar-refractivity contribution >= 4 is 39.0 Å². The minimum atomic E-state index is -0.662. The van der Waals surface area contributed by atoms with Crippen molar-refractivity contribution in [1.82, 2.24) is 0 Å². The predicted octanol–water partition coefficient (Wildman–Crippen LogP) is 15.4. The van der Waals surface area contributed by atoms with Gasteiger partial charge in [0.25, 0.3) is 0 Å². The van der Waals surface area contributed by atoms with Crippen LogP contribution in [0.3, 0.4) is 0 Å². The SMILES string of the molecule is CC1(C)c2ccccc2-c2ccc(N(c3cccc(C4(c5ccccc5)c5ccccc5-c5ccccc5-c5ccccc54)c3)c3cccc4oc5ccccc5c34)cc21. The van der Waals surface area contributed by atoms with Gasteiger partial charge in [-0.1, -0.05) is 184 Å². The van der Waals surface area contributed by atoms with E-state index in [0.29, 0.717) is 0 Å². The fraction of sp³-hybridized carbons (Fsp3) is 0.0690. The Morgan fingerprint density at radius 3 is 1.60 bits per heavy atom. The van der Waals surface area contributed by atoms with Gasteiger partial charge in [-0.25, -0.2) is 0 Å². The number of rotatable bonds is 5. The molecule has 0 bridgehead atoms.